The average Bonchev–Trinajstić information content (AvgIpc) is 2.51. The van der Waals surface area contributed by atoms with Crippen molar-refractivity contribution in [1.29, 1.82) is 0 Å². The van der Waals surface area contributed by atoms with Crippen molar-refractivity contribution in [3.63, 3.8) is 0 Å². The minimum absolute atomic E-state index is 0.0997. The number of piperidine rings is 1. The Kier molecular flexibility index (Phi) is 2.97. The van der Waals surface area contributed by atoms with E-state index in [0.717, 1.165) is 19.4 Å². The zero-order chi connectivity index (χ0) is 14.4. The number of nitrogens with zero attached hydrogens (tertiary/aromatic N) is 1. The second-order valence-corrected chi connectivity index (χ2v) is 6.25. The van der Waals surface area contributed by atoms with Crippen LogP contribution in [0.2, 0.25) is 0 Å². The summed E-state index contributed by atoms with van der Waals surface area (Å²) in [5.41, 5.74) is 2.34. The van der Waals surface area contributed by atoms with Crippen molar-refractivity contribution in [1.82, 2.24) is 4.90 Å². The molecule has 1 aliphatic carbocycles. The number of ether oxygens (including phenoxy) is 2. The van der Waals surface area contributed by atoms with Crippen LogP contribution in [0, 0.1) is 12.3 Å². The minimum Gasteiger partial charge on any atom is -0.508 e. The summed E-state index contributed by atoms with van der Waals surface area (Å²) >= 11 is 0. The summed E-state index contributed by atoms with van der Waals surface area (Å²) in [5.74, 6) is 3.08. The molecule has 3 aliphatic rings. The van der Waals surface area contributed by atoms with E-state index < -0.39 is 0 Å². The van der Waals surface area contributed by atoms with Crippen LogP contribution in [0.25, 0.3) is 0 Å². The Labute approximate surface area is 124 Å². The summed E-state index contributed by atoms with van der Waals surface area (Å²) in [4.78, 5) is 2.35. The fourth-order valence-corrected chi connectivity index (χ4v) is 4.33. The maximum absolute atomic E-state index is 9.89. The zero-order valence-electron chi connectivity index (χ0n) is 11.9. The normalized spacial score (nSPS) is 34.6. The van der Waals surface area contributed by atoms with Crippen LogP contribution >= 0.6 is 0 Å². The minimum atomic E-state index is -0.139. The molecule has 110 valence electrons. The van der Waals surface area contributed by atoms with Crippen LogP contribution in [0.3, 0.4) is 0 Å². The molecule has 4 nitrogen and oxygen atoms in total. The lowest BCUT2D eigenvalue weighted by molar-refractivity contribution is -0.221. The van der Waals surface area contributed by atoms with Gasteiger partial charge in [0.15, 0.2) is 0 Å². The first kappa shape index (κ1) is 13.1. The van der Waals surface area contributed by atoms with Crippen LogP contribution in [0.5, 0.6) is 5.75 Å². The molecular formula is C17H19NO3. The molecule has 2 heterocycles. The SMILES string of the molecule is C#CCN1CC[C@]23COCO[C@H]2[C@H]1Cc1ccc(O)cc13. The number of benzene rings is 1. The first-order valence-electron chi connectivity index (χ1n) is 7.44. The third-order valence-electron chi connectivity index (χ3n) is 5.25. The summed E-state index contributed by atoms with van der Waals surface area (Å²) < 4.78 is 11.6. The molecule has 0 spiro atoms. The van der Waals surface area contributed by atoms with E-state index in [1.54, 1.807) is 6.07 Å². The van der Waals surface area contributed by atoms with Crippen molar-refractivity contribution in [2.45, 2.75) is 30.4 Å². The lowest BCUT2D eigenvalue weighted by Crippen LogP contribution is -2.67. The third kappa shape index (κ3) is 1.82. The van der Waals surface area contributed by atoms with E-state index in [9.17, 15) is 5.11 Å². The predicted molar refractivity (Wildman–Crippen MR) is 78.0 cm³/mol. The highest BCUT2D eigenvalue weighted by atomic mass is 16.7. The van der Waals surface area contributed by atoms with E-state index in [4.69, 9.17) is 15.9 Å². The molecule has 2 saturated heterocycles. The summed E-state index contributed by atoms with van der Waals surface area (Å²) in [7, 11) is 0. The summed E-state index contributed by atoms with van der Waals surface area (Å²) in [6.45, 7) is 2.62. The van der Waals surface area contributed by atoms with E-state index in [1.165, 1.54) is 11.1 Å². The maximum atomic E-state index is 9.89. The topological polar surface area (TPSA) is 41.9 Å². The molecule has 1 N–H and O–H groups in total. The molecule has 4 rings (SSSR count). The van der Waals surface area contributed by atoms with Crippen LogP contribution in [0.4, 0.5) is 0 Å². The number of phenols is 1. The average molecular weight is 285 g/mol. The van der Waals surface area contributed by atoms with Gasteiger partial charge in [0.1, 0.15) is 12.5 Å². The van der Waals surface area contributed by atoms with Crippen LogP contribution in [-0.2, 0) is 21.3 Å². The highest BCUT2D eigenvalue weighted by Gasteiger charge is 2.55. The fourth-order valence-electron chi connectivity index (χ4n) is 4.33. The highest BCUT2D eigenvalue weighted by molar-refractivity contribution is 5.46. The number of likely N-dealkylation sites (tertiary alicyclic amines) is 1. The Bertz CT molecular complexity index is 609. The molecule has 1 aromatic rings. The van der Waals surface area contributed by atoms with E-state index in [2.05, 4.69) is 10.8 Å². The van der Waals surface area contributed by atoms with Gasteiger partial charge in [-0.1, -0.05) is 12.0 Å². The lowest BCUT2D eigenvalue weighted by atomic mass is 9.62. The highest BCUT2D eigenvalue weighted by Crippen LogP contribution is 2.48. The zero-order valence-corrected chi connectivity index (χ0v) is 11.9. The number of terminal acetylenes is 1. The van der Waals surface area contributed by atoms with E-state index in [0.29, 0.717) is 31.7 Å². The largest absolute Gasteiger partial charge is 0.508 e. The molecule has 2 bridgehead atoms. The van der Waals surface area contributed by atoms with E-state index >= 15 is 0 Å². The molecule has 2 fully saturated rings. The first-order valence-corrected chi connectivity index (χ1v) is 7.44. The van der Waals surface area contributed by atoms with Crippen LogP contribution in [-0.4, -0.2) is 48.6 Å². The van der Waals surface area contributed by atoms with Crippen LogP contribution in [0.15, 0.2) is 18.2 Å². The molecule has 3 atom stereocenters. The van der Waals surface area contributed by atoms with Crippen molar-refractivity contribution in [2.24, 2.45) is 0 Å². The molecular weight excluding hydrogens is 266 g/mol. The summed E-state index contributed by atoms with van der Waals surface area (Å²) in [6.07, 6.45) is 7.49. The van der Waals surface area contributed by atoms with Crippen molar-refractivity contribution in [3.05, 3.63) is 29.3 Å². The van der Waals surface area contributed by atoms with Gasteiger partial charge in [-0.3, -0.25) is 4.90 Å². The van der Waals surface area contributed by atoms with Crippen molar-refractivity contribution in [3.8, 4) is 18.1 Å². The van der Waals surface area contributed by atoms with Crippen molar-refractivity contribution in [2.75, 3.05) is 26.5 Å². The smallest absolute Gasteiger partial charge is 0.147 e. The Balaban J connectivity index is 1.84. The number of rotatable bonds is 1. The van der Waals surface area contributed by atoms with Gasteiger partial charge in [-0.2, -0.15) is 0 Å². The Morgan fingerprint density at radius 3 is 3.24 bits per heavy atom. The van der Waals surface area contributed by atoms with Gasteiger partial charge < -0.3 is 14.6 Å². The first-order chi connectivity index (χ1) is 10.2. The molecule has 0 unspecified atom stereocenters. The fraction of sp³-hybridized carbons (Fsp3) is 0.529. The van der Waals surface area contributed by atoms with E-state index in [1.807, 2.05) is 12.1 Å². The van der Waals surface area contributed by atoms with Gasteiger partial charge in [0.25, 0.3) is 0 Å². The van der Waals surface area contributed by atoms with Gasteiger partial charge in [-0.05, 0) is 36.1 Å². The van der Waals surface area contributed by atoms with Gasteiger partial charge in [0.2, 0.25) is 0 Å². The molecule has 1 aromatic carbocycles. The quantitative estimate of drug-likeness (QED) is 0.789. The second-order valence-electron chi connectivity index (χ2n) is 6.25. The van der Waals surface area contributed by atoms with Crippen LogP contribution in [0.1, 0.15) is 17.5 Å². The van der Waals surface area contributed by atoms with E-state index in [-0.39, 0.29) is 11.5 Å². The lowest BCUT2D eigenvalue weighted by Gasteiger charge is -2.57. The third-order valence-corrected chi connectivity index (χ3v) is 5.25. The van der Waals surface area contributed by atoms with Gasteiger partial charge in [0, 0.05) is 18.0 Å². The van der Waals surface area contributed by atoms with Gasteiger partial charge in [-0.15, -0.1) is 6.42 Å². The van der Waals surface area contributed by atoms with Gasteiger partial charge in [0.05, 0.1) is 19.3 Å². The number of aromatic hydroxyl groups is 1. The molecule has 2 aliphatic heterocycles. The monoisotopic (exact) mass is 285 g/mol. The van der Waals surface area contributed by atoms with Gasteiger partial charge in [-0.25, -0.2) is 0 Å². The number of fused-ring (bicyclic) bond motifs is 1. The molecule has 0 amide bonds. The maximum Gasteiger partial charge on any atom is 0.147 e. The number of hydrogen-bond acceptors (Lipinski definition) is 4. The molecule has 4 heteroatoms. The molecule has 0 aromatic heterocycles. The Morgan fingerprint density at radius 1 is 1.48 bits per heavy atom. The summed E-state index contributed by atoms with van der Waals surface area (Å²) in [5, 5.41) is 9.89. The number of phenolic OH excluding ortho intramolecular Hbond substituents is 1. The molecule has 0 radical (unpaired) electrons. The van der Waals surface area contributed by atoms with Gasteiger partial charge >= 0.3 is 0 Å². The Hall–Kier alpha value is -1.54. The second kappa shape index (κ2) is 4.74. The molecule has 0 saturated carbocycles. The summed E-state index contributed by atoms with van der Waals surface area (Å²) in [6, 6.07) is 5.99. The van der Waals surface area contributed by atoms with Crippen LogP contribution < -0.4 is 0 Å². The Morgan fingerprint density at radius 2 is 2.38 bits per heavy atom. The predicted octanol–water partition coefficient (Wildman–Crippen LogP) is 1.27. The standard InChI is InChI=1S/C17H19NO3/c1-2-6-18-7-5-17-10-20-11-21-16(17)15(18)8-12-3-4-13(19)9-14(12)17/h1,3-4,9,15-16,19H,5-8,10-11H2/t15-,16+,17-/m1/s1. The number of hydrogen-bond donors (Lipinski definition) is 1. The van der Waals surface area contributed by atoms with Crippen molar-refractivity contribution < 1.29 is 14.6 Å². The molecule has 21 heavy (non-hydrogen) atoms. The van der Waals surface area contributed by atoms with Crippen molar-refractivity contribution >= 4 is 0 Å².